The van der Waals surface area contributed by atoms with Gasteiger partial charge >= 0.3 is 0 Å². The van der Waals surface area contributed by atoms with Crippen LogP contribution in [-0.2, 0) is 6.42 Å². The minimum atomic E-state index is 0.845. The van der Waals surface area contributed by atoms with Crippen LogP contribution in [0.15, 0.2) is 164 Å². The number of rotatable bonds is 2. The maximum Gasteiger partial charge on any atom is 0.165 e. The molecule has 274 valence electrons. The van der Waals surface area contributed by atoms with Crippen molar-refractivity contribution in [3.63, 3.8) is 0 Å². The number of thiophene rings is 1. The van der Waals surface area contributed by atoms with Crippen molar-refractivity contribution < 1.29 is 0 Å². The van der Waals surface area contributed by atoms with Crippen LogP contribution in [0.4, 0.5) is 0 Å². The fourth-order valence-corrected chi connectivity index (χ4v) is 11.5. The highest BCUT2D eigenvalue weighted by Crippen LogP contribution is 2.52. The van der Waals surface area contributed by atoms with Gasteiger partial charge in [0.1, 0.15) is 16.0 Å². The lowest BCUT2D eigenvalue weighted by molar-refractivity contribution is 0.997. The largest absolute Gasteiger partial charge is 0.308 e. The third-order valence-electron chi connectivity index (χ3n) is 12.9. The first-order chi connectivity index (χ1) is 29.3. The Morgan fingerprint density at radius 1 is 0.508 bits per heavy atom. The number of hydrogen-bond donors (Lipinski definition) is 0. The second-order valence-electron chi connectivity index (χ2n) is 15.9. The van der Waals surface area contributed by atoms with E-state index in [1.54, 1.807) is 11.3 Å². The van der Waals surface area contributed by atoms with E-state index < -0.39 is 0 Å². The van der Waals surface area contributed by atoms with Gasteiger partial charge < -0.3 is 4.57 Å². The minimum absolute atomic E-state index is 0.845. The lowest BCUT2D eigenvalue weighted by atomic mass is 9.88. The zero-order valence-corrected chi connectivity index (χ0v) is 32.6. The molecule has 4 nitrogen and oxygen atoms in total. The third kappa shape index (κ3) is 4.17. The molecule has 4 aromatic heterocycles. The van der Waals surface area contributed by atoms with Crippen LogP contribution in [0.2, 0.25) is 0 Å². The summed E-state index contributed by atoms with van der Waals surface area (Å²) in [4.78, 5) is 12.5. The van der Waals surface area contributed by atoms with Gasteiger partial charge in [-0.2, -0.15) is 0 Å². The number of nitrogens with zero attached hydrogens (tertiary/aromatic N) is 4. The van der Waals surface area contributed by atoms with Crippen LogP contribution in [-0.4, -0.2) is 19.1 Å². The Balaban J connectivity index is 1.22. The molecule has 0 bridgehead atoms. The molecule has 12 aromatic rings. The molecule has 8 aromatic carbocycles. The van der Waals surface area contributed by atoms with Crippen LogP contribution >= 0.6 is 11.3 Å². The summed E-state index contributed by atoms with van der Waals surface area (Å²) in [7, 11) is 0. The van der Waals surface area contributed by atoms with E-state index in [4.69, 9.17) is 9.97 Å². The molecular formula is C54H32N4S. The summed E-state index contributed by atoms with van der Waals surface area (Å²) in [6.07, 6.45) is 6.70. The molecule has 0 atom stereocenters. The van der Waals surface area contributed by atoms with Gasteiger partial charge in [0.25, 0.3) is 0 Å². The second kappa shape index (κ2) is 11.6. The smallest absolute Gasteiger partial charge is 0.165 e. The molecule has 0 spiro atoms. The summed E-state index contributed by atoms with van der Waals surface area (Å²) >= 11 is 1.73. The molecule has 0 N–H and O–H groups in total. The summed E-state index contributed by atoms with van der Waals surface area (Å²) in [5.74, 6) is 0.845. The average molecular weight is 769 g/mol. The van der Waals surface area contributed by atoms with E-state index in [0.717, 1.165) is 56.7 Å². The van der Waals surface area contributed by atoms with Gasteiger partial charge in [0.15, 0.2) is 5.82 Å². The Morgan fingerprint density at radius 3 is 2.05 bits per heavy atom. The summed E-state index contributed by atoms with van der Waals surface area (Å²) in [5.41, 5.74) is 16.4. The van der Waals surface area contributed by atoms with E-state index in [-0.39, 0.29) is 0 Å². The first-order valence-corrected chi connectivity index (χ1v) is 21.2. The van der Waals surface area contributed by atoms with Crippen molar-refractivity contribution in [2.24, 2.45) is 0 Å². The van der Waals surface area contributed by atoms with Gasteiger partial charge in [0.2, 0.25) is 0 Å². The van der Waals surface area contributed by atoms with Gasteiger partial charge in [-0.05, 0) is 82.3 Å². The molecule has 0 saturated carbocycles. The van der Waals surface area contributed by atoms with Crippen LogP contribution in [0.25, 0.3) is 126 Å². The van der Waals surface area contributed by atoms with E-state index in [1.165, 1.54) is 87.1 Å². The molecule has 1 aliphatic carbocycles. The topological polar surface area (TPSA) is 35.6 Å². The predicted octanol–water partition coefficient (Wildman–Crippen LogP) is 14.5. The van der Waals surface area contributed by atoms with Crippen LogP contribution < -0.4 is 0 Å². The van der Waals surface area contributed by atoms with E-state index in [0.29, 0.717) is 0 Å². The van der Waals surface area contributed by atoms with Gasteiger partial charge in [-0.25, -0.2) is 9.97 Å². The lowest BCUT2D eigenvalue weighted by Crippen LogP contribution is -2.05. The molecule has 0 radical (unpaired) electrons. The quantitative estimate of drug-likeness (QED) is 0.176. The molecule has 0 unspecified atom stereocenters. The highest BCUT2D eigenvalue weighted by Gasteiger charge is 2.30. The second-order valence-corrected chi connectivity index (χ2v) is 17.0. The van der Waals surface area contributed by atoms with Crippen molar-refractivity contribution in [3.05, 3.63) is 175 Å². The Bertz CT molecular complexity index is 3860. The number of aryl methyl sites for hydroxylation is 1. The summed E-state index contributed by atoms with van der Waals surface area (Å²) in [6, 6.07) is 58.0. The SMILES string of the molecule is C1=Cc2cc(-c3nc4sc5ccccc5c4nc3-n3c4ccccc4c4c5c6c(cc43)c3ccccc3n6-c3ccccc3-c3ccccc3-5)c3ccccc3c2CC1. The van der Waals surface area contributed by atoms with Crippen molar-refractivity contribution >= 4 is 92.2 Å². The number of para-hydroxylation sites is 3. The van der Waals surface area contributed by atoms with Gasteiger partial charge in [0, 0.05) is 48.3 Å². The Morgan fingerprint density at radius 2 is 1.19 bits per heavy atom. The van der Waals surface area contributed by atoms with Crippen LogP contribution in [0.1, 0.15) is 17.5 Å². The van der Waals surface area contributed by atoms with Crippen molar-refractivity contribution in [2.45, 2.75) is 12.8 Å². The van der Waals surface area contributed by atoms with Crippen LogP contribution in [0, 0.1) is 0 Å². The lowest BCUT2D eigenvalue weighted by Gasteiger charge is -2.19. The van der Waals surface area contributed by atoms with Crippen LogP contribution in [0.5, 0.6) is 0 Å². The first-order valence-electron chi connectivity index (χ1n) is 20.4. The molecule has 0 fully saturated rings. The zero-order chi connectivity index (χ0) is 38.3. The van der Waals surface area contributed by atoms with E-state index in [9.17, 15) is 0 Å². The van der Waals surface area contributed by atoms with Crippen molar-refractivity contribution in [2.75, 3.05) is 0 Å². The maximum atomic E-state index is 5.80. The highest BCUT2D eigenvalue weighted by molar-refractivity contribution is 7.25. The normalized spacial score (nSPS) is 13.2. The molecule has 1 aliphatic heterocycles. The molecule has 14 rings (SSSR count). The summed E-state index contributed by atoms with van der Waals surface area (Å²) in [5, 5.41) is 8.51. The summed E-state index contributed by atoms with van der Waals surface area (Å²) in [6.45, 7) is 0. The average Bonchev–Trinajstić information content (AvgIpc) is 3.92. The number of hydrogen-bond acceptors (Lipinski definition) is 3. The number of allylic oxidation sites excluding steroid dienone is 1. The van der Waals surface area contributed by atoms with E-state index in [1.807, 2.05) is 0 Å². The zero-order valence-electron chi connectivity index (χ0n) is 31.8. The Hall–Kier alpha value is -7.34. The molecule has 59 heavy (non-hydrogen) atoms. The number of benzene rings is 8. The predicted molar refractivity (Wildman–Crippen MR) is 248 cm³/mol. The molecule has 0 saturated heterocycles. The molecule has 5 heterocycles. The summed E-state index contributed by atoms with van der Waals surface area (Å²) < 4.78 is 6.14. The van der Waals surface area contributed by atoms with Crippen molar-refractivity contribution in [1.29, 1.82) is 0 Å². The number of aromatic nitrogens is 4. The van der Waals surface area contributed by atoms with E-state index >= 15 is 0 Å². The Labute approximate surface area is 342 Å². The van der Waals surface area contributed by atoms with Gasteiger partial charge in [-0.1, -0.05) is 133 Å². The molecule has 2 aliphatic rings. The fourth-order valence-electron chi connectivity index (χ4n) is 10.5. The van der Waals surface area contributed by atoms with Gasteiger partial charge in [0.05, 0.1) is 27.8 Å². The van der Waals surface area contributed by atoms with Crippen molar-refractivity contribution in [3.8, 4) is 45.0 Å². The first kappa shape index (κ1) is 31.7. The fraction of sp³-hybridized carbons (Fsp3) is 0.0370. The monoisotopic (exact) mass is 768 g/mol. The van der Waals surface area contributed by atoms with E-state index in [2.05, 4.69) is 179 Å². The van der Waals surface area contributed by atoms with Crippen molar-refractivity contribution in [1.82, 2.24) is 19.1 Å². The highest BCUT2D eigenvalue weighted by atomic mass is 32.1. The molecule has 0 amide bonds. The maximum absolute atomic E-state index is 5.80. The molecule has 5 heteroatoms. The standard InChI is InChI=1S/C54H32N4S/c1-2-16-32-31(15-1)29-41(34-18-4-3-17-33(32)34)50-53(55-51-40-24-10-14-28-47(40)59-54(51)56-50)58-45-27-13-9-23-39(45)48-46(58)30-42-37-21-8-12-26-44(37)57-43-25-11-7-20-36(43)35-19-5-6-22-38(35)49(48)52(42)57/h1,3-15,17-30H,2,16H2. The third-order valence-corrected chi connectivity index (χ3v) is 14.0. The minimum Gasteiger partial charge on any atom is -0.308 e. The number of fused-ring (bicyclic) bond motifs is 18. The van der Waals surface area contributed by atoms with Crippen LogP contribution in [0.3, 0.4) is 0 Å². The van der Waals surface area contributed by atoms with Gasteiger partial charge in [-0.3, -0.25) is 4.57 Å². The van der Waals surface area contributed by atoms with Gasteiger partial charge in [-0.15, -0.1) is 11.3 Å². The molecular weight excluding hydrogens is 737 g/mol. The Kier molecular flexibility index (Phi) is 6.25.